The molecule has 0 saturated carbocycles. The van der Waals surface area contributed by atoms with E-state index in [1.807, 2.05) is 55.5 Å². The Kier molecular flexibility index (Phi) is 3.90. The first kappa shape index (κ1) is 12.5. The van der Waals surface area contributed by atoms with Gasteiger partial charge in [0.2, 0.25) is 0 Å². The molecule has 0 amide bonds. The molecule has 2 nitrogen and oxygen atoms in total. The number of benzene rings is 2. The molecule has 0 saturated heterocycles. The van der Waals surface area contributed by atoms with E-state index in [4.69, 9.17) is 5.73 Å². The van der Waals surface area contributed by atoms with Crippen molar-refractivity contribution in [1.29, 1.82) is 0 Å². The highest BCUT2D eigenvalue weighted by Gasteiger charge is 2.08. The summed E-state index contributed by atoms with van der Waals surface area (Å²) in [5, 5.41) is 0. The van der Waals surface area contributed by atoms with Gasteiger partial charge in [0.1, 0.15) is 0 Å². The number of nitrogens with two attached hydrogens (primary N) is 1. The Morgan fingerprint density at radius 3 is 1.94 bits per heavy atom. The van der Waals surface area contributed by atoms with Gasteiger partial charge in [0.05, 0.1) is 0 Å². The fourth-order valence-corrected chi connectivity index (χ4v) is 1.86. The van der Waals surface area contributed by atoms with Crippen LogP contribution in [-0.4, -0.2) is 12.3 Å². The lowest BCUT2D eigenvalue weighted by atomic mass is 10.0. The molecule has 2 aromatic carbocycles. The first-order chi connectivity index (χ1) is 8.70. The molecule has 0 fully saturated rings. The lowest BCUT2D eigenvalue weighted by molar-refractivity contribution is 0.103. The van der Waals surface area contributed by atoms with E-state index >= 15 is 0 Å². The van der Waals surface area contributed by atoms with Gasteiger partial charge in [0, 0.05) is 11.1 Å². The van der Waals surface area contributed by atoms with E-state index < -0.39 is 0 Å². The first-order valence-corrected chi connectivity index (χ1v) is 6.11. The van der Waals surface area contributed by atoms with Crippen molar-refractivity contribution in [1.82, 2.24) is 0 Å². The summed E-state index contributed by atoms with van der Waals surface area (Å²) in [6.07, 6.45) is 0.846. The molecule has 18 heavy (non-hydrogen) atoms. The lowest BCUT2D eigenvalue weighted by Crippen LogP contribution is -2.04. The van der Waals surface area contributed by atoms with Gasteiger partial charge in [-0.1, -0.05) is 54.1 Å². The third-order valence-corrected chi connectivity index (χ3v) is 2.96. The van der Waals surface area contributed by atoms with Gasteiger partial charge < -0.3 is 5.73 Å². The van der Waals surface area contributed by atoms with E-state index in [0.29, 0.717) is 6.54 Å². The number of carbonyl (C=O) groups excluding carboxylic acids is 1. The highest BCUT2D eigenvalue weighted by molar-refractivity contribution is 6.08. The minimum atomic E-state index is 0.0642. The minimum absolute atomic E-state index is 0.0642. The molecule has 0 atom stereocenters. The summed E-state index contributed by atoms with van der Waals surface area (Å²) in [6, 6.07) is 15.3. The van der Waals surface area contributed by atoms with Gasteiger partial charge >= 0.3 is 0 Å². The van der Waals surface area contributed by atoms with Gasteiger partial charge in [-0.05, 0) is 25.5 Å². The van der Waals surface area contributed by atoms with Crippen molar-refractivity contribution in [2.45, 2.75) is 13.3 Å². The van der Waals surface area contributed by atoms with Crippen molar-refractivity contribution >= 4 is 5.78 Å². The quantitative estimate of drug-likeness (QED) is 0.834. The second kappa shape index (κ2) is 5.61. The smallest absolute Gasteiger partial charge is 0.193 e. The lowest BCUT2D eigenvalue weighted by Gasteiger charge is -2.03. The highest BCUT2D eigenvalue weighted by Crippen LogP contribution is 2.12. The van der Waals surface area contributed by atoms with Crippen molar-refractivity contribution in [3.8, 4) is 0 Å². The third kappa shape index (κ3) is 2.84. The summed E-state index contributed by atoms with van der Waals surface area (Å²) in [6.45, 7) is 2.64. The summed E-state index contributed by atoms with van der Waals surface area (Å²) < 4.78 is 0. The van der Waals surface area contributed by atoms with Crippen LogP contribution in [0.15, 0.2) is 48.5 Å². The van der Waals surface area contributed by atoms with Gasteiger partial charge in [-0.15, -0.1) is 0 Å². The van der Waals surface area contributed by atoms with Gasteiger partial charge in [-0.3, -0.25) is 4.79 Å². The number of hydrogen-bond donors (Lipinski definition) is 1. The summed E-state index contributed by atoms with van der Waals surface area (Å²) in [7, 11) is 0. The molecule has 2 heteroatoms. The van der Waals surface area contributed by atoms with Crippen LogP contribution in [0.4, 0.5) is 0 Å². The van der Waals surface area contributed by atoms with Crippen LogP contribution < -0.4 is 5.73 Å². The molecule has 2 aromatic rings. The molecule has 0 heterocycles. The predicted molar refractivity (Wildman–Crippen MR) is 73.8 cm³/mol. The molecule has 0 unspecified atom stereocenters. The average Bonchev–Trinajstić information content (AvgIpc) is 2.40. The number of aryl methyl sites for hydroxylation is 1. The largest absolute Gasteiger partial charge is 0.330 e. The second-order valence-corrected chi connectivity index (χ2v) is 4.43. The SMILES string of the molecule is Cc1ccc(C(=O)c2ccc(CCN)cc2)cc1. The normalized spacial score (nSPS) is 10.3. The third-order valence-electron chi connectivity index (χ3n) is 2.96. The maximum Gasteiger partial charge on any atom is 0.193 e. The van der Waals surface area contributed by atoms with Crippen LogP contribution in [0.2, 0.25) is 0 Å². The van der Waals surface area contributed by atoms with Crippen LogP contribution in [0.1, 0.15) is 27.0 Å². The fraction of sp³-hybridized carbons (Fsp3) is 0.188. The van der Waals surface area contributed by atoms with Crippen LogP contribution in [0.25, 0.3) is 0 Å². The Labute approximate surface area is 107 Å². The van der Waals surface area contributed by atoms with E-state index in [1.54, 1.807) is 0 Å². The molecule has 2 N–H and O–H groups in total. The predicted octanol–water partition coefficient (Wildman–Crippen LogP) is 2.73. The summed E-state index contributed by atoms with van der Waals surface area (Å²) in [5.41, 5.74) is 9.27. The zero-order chi connectivity index (χ0) is 13.0. The number of ketones is 1. The molecule has 0 aliphatic carbocycles. The van der Waals surface area contributed by atoms with Gasteiger partial charge in [0.15, 0.2) is 5.78 Å². The first-order valence-electron chi connectivity index (χ1n) is 6.11. The summed E-state index contributed by atoms with van der Waals surface area (Å²) in [4.78, 5) is 12.2. The van der Waals surface area contributed by atoms with Crippen molar-refractivity contribution in [3.63, 3.8) is 0 Å². The number of carbonyl (C=O) groups is 1. The number of rotatable bonds is 4. The zero-order valence-corrected chi connectivity index (χ0v) is 10.5. The summed E-state index contributed by atoms with van der Waals surface area (Å²) in [5.74, 6) is 0.0642. The molecule has 92 valence electrons. The van der Waals surface area contributed by atoms with E-state index in [0.717, 1.165) is 28.7 Å². The van der Waals surface area contributed by atoms with Gasteiger partial charge in [-0.25, -0.2) is 0 Å². The Hall–Kier alpha value is -1.93. The van der Waals surface area contributed by atoms with Crippen molar-refractivity contribution < 1.29 is 4.79 Å². The molecule has 0 aliphatic rings. The van der Waals surface area contributed by atoms with Crippen molar-refractivity contribution in [2.75, 3.05) is 6.54 Å². The van der Waals surface area contributed by atoms with E-state index in [9.17, 15) is 4.79 Å². The van der Waals surface area contributed by atoms with Crippen molar-refractivity contribution in [3.05, 3.63) is 70.8 Å². The molecule has 2 rings (SSSR count). The standard InChI is InChI=1S/C16H17NO/c1-12-2-6-14(7-3-12)16(18)15-8-4-13(5-9-15)10-11-17/h2-9H,10-11,17H2,1H3. The molecular formula is C16H17NO. The molecule has 0 aliphatic heterocycles. The Balaban J connectivity index is 2.20. The highest BCUT2D eigenvalue weighted by atomic mass is 16.1. The number of hydrogen-bond acceptors (Lipinski definition) is 2. The van der Waals surface area contributed by atoms with Crippen LogP contribution in [-0.2, 0) is 6.42 Å². The Bertz CT molecular complexity index is 526. The molecule has 0 bridgehead atoms. The van der Waals surface area contributed by atoms with Crippen LogP contribution in [0.5, 0.6) is 0 Å². The molecule has 0 spiro atoms. The summed E-state index contributed by atoms with van der Waals surface area (Å²) >= 11 is 0. The maximum atomic E-state index is 12.2. The van der Waals surface area contributed by atoms with Crippen molar-refractivity contribution in [2.24, 2.45) is 5.73 Å². The van der Waals surface area contributed by atoms with E-state index in [2.05, 4.69) is 0 Å². The Morgan fingerprint density at radius 1 is 0.944 bits per heavy atom. The van der Waals surface area contributed by atoms with Crippen LogP contribution in [0, 0.1) is 6.92 Å². The van der Waals surface area contributed by atoms with Gasteiger partial charge in [0.25, 0.3) is 0 Å². The molecule has 0 aromatic heterocycles. The average molecular weight is 239 g/mol. The van der Waals surface area contributed by atoms with E-state index in [1.165, 1.54) is 0 Å². The molecule has 0 radical (unpaired) electrons. The monoisotopic (exact) mass is 239 g/mol. The van der Waals surface area contributed by atoms with Crippen LogP contribution in [0.3, 0.4) is 0 Å². The minimum Gasteiger partial charge on any atom is -0.330 e. The van der Waals surface area contributed by atoms with Crippen LogP contribution >= 0.6 is 0 Å². The Morgan fingerprint density at radius 2 is 1.44 bits per heavy atom. The topological polar surface area (TPSA) is 43.1 Å². The molecular weight excluding hydrogens is 222 g/mol. The zero-order valence-electron chi connectivity index (χ0n) is 10.5. The van der Waals surface area contributed by atoms with Gasteiger partial charge in [-0.2, -0.15) is 0 Å². The van der Waals surface area contributed by atoms with E-state index in [-0.39, 0.29) is 5.78 Å². The second-order valence-electron chi connectivity index (χ2n) is 4.43. The fourth-order valence-electron chi connectivity index (χ4n) is 1.86. The maximum absolute atomic E-state index is 12.2.